The molecule has 1 aliphatic heterocycles. The number of esters is 1. The molecule has 1 aliphatic rings. The van der Waals surface area contributed by atoms with E-state index in [9.17, 15) is 4.79 Å². The average Bonchev–Trinajstić information content (AvgIpc) is 2.72. The Labute approximate surface area is 115 Å². The number of hydrogen-bond donors (Lipinski definition) is 2. The molecule has 1 saturated heterocycles. The summed E-state index contributed by atoms with van der Waals surface area (Å²) in [6.07, 6.45) is 2.20. The van der Waals surface area contributed by atoms with Gasteiger partial charge in [-0.15, -0.1) is 0 Å². The smallest absolute Gasteiger partial charge is 0.344 e. The van der Waals surface area contributed by atoms with Crippen molar-refractivity contribution in [2.24, 2.45) is 0 Å². The molecule has 2 rings (SSSR count). The Morgan fingerprint density at radius 3 is 2.94 bits per heavy atom. The van der Waals surface area contributed by atoms with Crippen LogP contribution in [0.1, 0.15) is 30.1 Å². The second-order valence-electron chi connectivity index (χ2n) is 4.02. The molecular formula is C11H17N3O2S2. The number of thioether (sulfide) groups is 1. The number of nitrogen functional groups attached to an aromatic ring is 1. The first-order valence-electron chi connectivity index (χ1n) is 5.99. The first kappa shape index (κ1) is 13.5. The molecule has 0 bridgehead atoms. The summed E-state index contributed by atoms with van der Waals surface area (Å²) >= 11 is 3.19. The maximum atomic E-state index is 11.8. The minimum absolute atomic E-state index is 0.256. The second kappa shape index (κ2) is 6.29. The van der Waals surface area contributed by atoms with Crippen LogP contribution >= 0.6 is 23.3 Å². The number of nitrogens with one attached hydrogen (secondary N) is 1. The van der Waals surface area contributed by atoms with Gasteiger partial charge < -0.3 is 15.8 Å². The van der Waals surface area contributed by atoms with E-state index in [-0.39, 0.29) is 5.82 Å². The fourth-order valence-electron chi connectivity index (χ4n) is 1.83. The Kier molecular flexibility index (Phi) is 4.71. The lowest BCUT2D eigenvalue weighted by molar-refractivity contribution is 0.0529. The molecule has 1 fully saturated rings. The highest BCUT2D eigenvalue weighted by Gasteiger charge is 2.23. The molecule has 0 unspecified atom stereocenters. The number of aromatic nitrogens is 1. The highest BCUT2D eigenvalue weighted by molar-refractivity contribution is 7.99. The van der Waals surface area contributed by atoms with Crippen molar-refractivity contribution >= 4 is 40.1 Å². The lowest BCUT2D eigenvalue weighted by Crippen LogP contribution is -2.25. The Bertz CT molecular complexity index is 416. The molecule has 0 radical (unpaired) electrons. The zero-order valence-corrected chi connectivity index (χ0v) is 11.9. The third-order valence-electron chi connectivity index (χ3n) is 2.75. The average molecular weight is 287 g/mol. The van der Waals surface area contributed by atoms with Gasteiger partial charge in [-0.2, -0.15) is 16.1 Å². The van der Waals surface area contributed by atoms with Gasteiger partial charge in [0.05, 0.1) is 6.61 Å². The summed E-state index contributed by atoms with van der Waals surface area (Å²) in [6.45, 7) is 2.12. The van der Waals surface area contributed by atoms with Crippen LogP contribution in [0.4, 0.5) is 10.8 Å². The Balaban J connectivity index is 2.09. The monoisotopic (exact) mass is 287 g/mol. The van der Waals surface area contributed by atoms with Crippen LogP contribution in [0, 0.1) is 0 Å². The van der Waals surface area contributed by atoms with Crippen molar-refractivity contribution in [2.45, 2.75) is 25.8 Å². The van der Waals surface area contributed by atoms with Crippen LogP contribution < -0.4 is 11.1 Å². The van der Waals surface area contributed by atoms with Gasteiger partial charge in [0.25, 0.3) is 0 Å². The molecule has 1 aromatic heterocycles. The minimum Gasteiger partial charge on any atom is -0.462 e. The van der Waals surface area contributed by atoms with Crippen molar-refractivity contribution in [3.8, 4) is 0 Å². The van der Waals surface area contributed by atoms with Crippen LogP contribution in [-0.2, 0) is 4.74 Å². The first-order chi connectivity index (χ1) is 8.72. The number of carbonyl (C=O) groups excluding carboxylic acids is 1. The lowest BCUT2D eigenvalue weighted by Gasteiger charge is -2.22. The van der Waals surface area contributed by atoms with E-state index in [1.165, 1.54) is 11.5 Å². The number of rotatable bonds is 4. The Morgan fingerprint density at radius 2 is 2.28 bits per heavy atom. The van der Waals surface area contributed by atoms with E-state index in [1.54, 1.807) is 6.92 Å². The van der Waals surface area contributed by atoms with Crippen molar-refractivity contribution < 1.29 is 9.53 Å². The summed E-state index contributed by atoms with van der Waals surface area (Å²) in [5.74, 6) is 2.17. The zero-order valence-electron chi connectivity index (χ0n) is 10.3. The fraction of sp³-hybridized carbons (Fsp3) is 0.636. The highest BCUT2D eigenvalue weighted by atomic mass is 32.2. The number of nitrogens with two attached hydrogens (primary N) is 1. The van der Waals surface area contributed by atoms with E-state index in [0.29, 0.717) is 18.2 Å². The molecule has 0 amide bonds. The fourth-order valence-corrected chi connectivity index (χ4v) is 3.71. The maximum Gasteiger partial charge on any atom is 0.344 e. The third kappa shape index (κ3) is 3.08. The third-order valence-corrected chi connectivity index (χ3v) is 4.60. The SMILES string of the molecule is CCOC(=O)c1c(N)nsc1NC1CCSCC1. The molecule has 0 aliphatic carbocycles. The molecule has 0 spiro atoms. The summed E-state index contributed by atoms with van der Waals surface area (Å²) in [5, 5.41) is 4.11. The number of ether oxygens (including phenoxy) is 1. The quantitative estimate of drug-likeness (QED) is 0.827. The van der Waals surface area contributed by atoms with E-state index in [2.05, 4.69) is 9.69 Å². The Morgan fingerprint density at radius 1 is 1.56 bits per heavy atom. The van der Waals surface area contributed by atoms with Crippen molar-refractivity contribution in [3.63, 3.8) is 0 Å². The van der Waals surface area contributed by atoms with E-state index < -0.39 is 5.97 Å². The van der Waals surface area contributed by atoms with Crippen molar-refractivity contribution in [1.29, 1.82) is 0 Å². The molecule has 3 N–H and O–H groups in total. The van der Waals surface area contributed by atoms with Crippen LogP contribution in [0.3, 0.4) is 0 Å². The van der Waals surface area contributed by atoms with Gasteiger partial charge in [0, 0.05) is 6.04 Å². The van der Waals surface area contributed by atoms with Gasteiger partial charge in [0.2, 0.25) is 0 Å². The van der Waals surface area contributed by atoms with Crippen LogP contribution in [0.5, 0.6) is 0 Å². The van der Waals surface area contributed by atoms with Crippen LogP contribution in [0.25, 0.3) is 0 Å². The molecule has 1 aromatic rings. The van der Waals surface area contributed by atoms with Crippen molar-refractivity contribution in [3.05, 3.63) is 5.56 Å². The first-order valence-corrected chi connectivity index (χ1v) is 7.91. The standard InChI is InChI=1S/C11H17N3O2S2/c1-2-16-11(15)8-9(12)14-18-10(8)13-7-3-5-17-6-4-7/h7,13H,2-6H2,1H3,(H2,12,14). The topological polar surface area (TPSA) is 77.2 Å². The minimum atomic E-state index is -0.392. The highest BCUT2D eigenvalue weighted by Crippen LogP contribution is 2.30. The summed E-state index contributed by atoms with van der Waals surface area (Å²) < 4.78 is 9.04. The zero-order chi connectivity index (χ0) is 13.0. The van der Waals surface area contributed by atoms with E-state index in [0.717, 1.165) is 29.3 Å². The number of hydrogen-bond acceptors (Lipinski definition) is 7. The molecule has 2 heterocycles. The summed E-state index contributed by atoms with van der Waals surface area (Å²) in [7, 11) is 0. The second-order valence-corrected chi connectivity index (χ2v) is 6.02. The largest absolute Gasteiger partial charge is 0.462 e. The normalized spacial score (nSPS) is 16.5. The summed E-state index contributed by atoms with van der Waals surface area (Å²) in [4.78, 5) is 11.8. The number of nitrogens with zero attached hydrogens (tertiary/aromatic N) is 1. The predicted octanol–water partition coefficient (Wildman–Crippen LogP) is 2.21. The molecule has 0 saturated carbocycles. The molecule has 0 atom stereocenters. The van der Waals surface area contributed by atoms with Crippen LogP contribution in [0.2, 0.25) is 0 Å². The molecule has 100 valence electrons. The lowest BCUT2D eigenvalue weighted by atomic mass is 10.1. The van der Waals surface area contributed by atoms with Gasteiger partial charge in [0.1, 0.15) is 10.6 Å². The predicted molar refractivity (Wildman–Crippen MR) is 76.5 cm³/mol. The number of anilines is 2. The van der Waals surface area contributed by atoms with Crippen molar-refractivity contribution in [1.82, 2.24) is 4.37 Å². The van der Waals surface area contributed by atoms with Gasteiger partial charge >= 0.3 is 5.97 Å². The van der Waals surface area contributed by atoms with Gasteiger partial charge in [-0.25, -0.2) is 4.79 Å². The van der Waals surface area contributed by atoms with E-state index in [4.69, 9.17) is 10.5 Å². The van der Waals surface area contributed by atoms with Crippen molar-refractivity contribution in [2.75, 3.05) is 29.2 Å². The molecule has 5 nitrogen and oxygen atoms in total. The molecular weight excluding hydrogens is 270 g/mol. The summed E-state index contributed by atoms with van der Waals surface area (Å²) in [6, 6.07) is 0.402. The van der Waals surface area contributed by atoms with Gasteiger partial charge in [-0.1, -0.05) is 0 Å². The van der Waals surface area contributed by atoms with Crippen LogP contribution in [0.15, 0.2) is 0 Å². The van der Waals surface area contributed by atoms with Gasteiger partial charge in [-0.05, 0) is 42.8 Å². The van der Waals surface area contributed by atoms with E-state index >= 15 is 0 Å². The maximum absolute atomic E-state index is 11.8. The molecule has 0 aromatic carbocycles. The molecule has 18 heavy (non-hydrogen) atoms. The Hall–Kier alpha value is -0.950. The number of carbonyl (C=O) groups is 1. The molecule has 7 heteroatoms. The summed E-state index contributed by atoms with van der Waals surface area (Å²) in [5.41, 5.74) is 6.12. The van der Waals surface area contributed by atoms with Gasteiger partial charge in [0.15, 0.2) is 5.82 Å². The van der Waals surface area contributed by atoms with Gasteiger partial charge in [-0.3, -0.25) is 0 Å². The van der Waals surface area contributed by atoms with Crippen LogP contribution in [-0.4, -0.2) is 34.5 Å². The van der Waals surface area contributed by atoms with E-state index in [1.807, 2.05) is 11.8 Å².